The molecule has 23 heavy (non-hydrogen) atoms. The second-order valence-corrected chi connectivity index (χ2v) is 6.96. The van der Waals surface area contributed by atoms with Gasteiger partial charge in [0.2, 0.25) is 5.95 Å². The molecule has 1 aliphatic heterocycles. The number of hydrogen-bond donors (Lipinski definition) is 1. The van der Waals surface area contributed by atoms with Crippen LogP contribution in [0.2, 0.25) is 10.0 Å². The molecule has 0 saturated carbocycles. The highest BCUT2D eigenvalue weighted by molar-refractivity contribution is 6.42. The number of benzene rings is 1. The molecule has 0 aliphatic carbocycles. The van der Waals surface area contributed by atoms with Gasteiger partial charge in [-0.1, -0.05) is 30.1 Å². The fourth-order valence-electron chi connectivity index (χ4n) is 2.85. The van der Waals surface area contributed by atoms with E-state index in [4.69, 9.17) is 23.2 Å². The number of anilines is 3. The third-order valence-corrected chi connectivity index (χ3v) is 4.71. The van der Waals surface area contributed by atoms with E-state index in [-0.39, 0.29) is 0 Å². The molecule has 2 heterocycles. The summed E-state index contributed by atoms with van der Waals surface area (Å²) in [6, 6.07) is 7.38. The number of hydrogen-bond acceptors (Lipinski definition) is 4. The van der Waals surface area contributed by atoms with Gasteiger partial charge in [-0.05, 0) is 43.9 Å². The molecule has 6 heteroatoms. The number of halogens is 2. The summed E-state index contributed by atoms with van der Waals surface area (Å²) in [4.78, 5) is 11.5. The van der Waals surface area contributed by atoms with Crippen LogP contribution >= 0.6 is 23.2 Å². The smallest absolute Gasteiger partial charge is 0.227 e. The molecular formula is C17H20Cl2N4. The molecule has 1 saturated heterocycles. The first-order valence-corrected chi connectivity index (χ1v) is 8.59. The predicted molar refractivity (Wildman–Crippen MR) is 97.1 cm³/mol. The lowest BCUT2D eigenvalue weighted by Crippen LogP contribution is -2.35. The van der Waals surface area contributed by atoms with Gasteiger partial charge in [-0.3, -0.25) is 0 Å². The maximum Gasteiger partial charge on any atom is 0.227 e. The van der Waals surface area contributed by atoms with E-state index >= 15 is 0 Å². The molecule has 1 aromatic heterocycles. The maximum atomic E-state index is 6.07. The summed E-state index contributed by atoms with van der Waals surface area (Å²) >= 11 is 12.0. The van der Waals surface area contributed by atoms with E-state index in [9.17, 15) is 0 Å². The van der Waals surface area contributed by atoms with Crippen molar-refractivity contribution in [2.45, 2.75) is 26.7 Å². The first-order valence-electron chi connectivity index (χ1n) is 7.84. The van der Waals surface area contributed by atoms with Gasteiger partial charge in [0.05, 0.1) is 10.0 Å². The summed E-state index contributed by atoms with van der Waals surface area (Å²) in [7, 11) is 0. The average Bonchev–Trinajstić information content (AvgIpc) is 2.50. The van der Waals surface area contributed by atoms with Crippen LogP contribution in [0, 0.1) is 12.8 Å². The lowest BCUT2D eigenvalue weighted by molar-refractivity contribution is 0.442. The van der Waals surface area contributed by atoms with Gasteiger partial charge in [0.25, 0.3) is 0 Å². The molecule has 3 rings (SSSR count). The van der Waals surface area contributed by atoms with Gasteiger partial charge >= 0.3 is 0 Å². The summed E-state index contributed by atoms with van der Waals surface area (Å²) in [5.74, 6) is 2.24. The van der Waals surface area contributed by atoms with Crippen LogP contribution in [0.5, 0.6) is 0 Å². The van der Waals surface area contributed by atoms with Gasteiger partial charge in [-0.25, -0.2) is 4.98 Å². The molecule has 122 valence electrons. The topological polar surface area (TPSA) is 41.1 Å². The predicted octanol–water partition coefficient (Wildman–Crippen LogP) is 5.07. The first-order chi connectivity index (χ1) is 11.0. The molecule has 2 aromatic rings. The van der Waals surface area contributed by atoms with E-state index in [0.717, 1.165) is 36.2 Å². The second kappa shape index (κ2) is 6.93. The van der Waals surface area contributed by atoms with Gasteiger partial charge in [0.1, 0.15) is 5.82 Å². The molecule has 1 fully saturated rings. The number of aromatic nitrogens is 2. The number of rotatable bonds is 3. The highest BCUT2D eigenvalue weighted by atomic mass is 35.5. The summed E-state index contributed by atoms with van der Waals surface area (Å²) in [6.45, 7) is 6.28. The Balaban J connectivity index is 1.83. The Morgan fingerprint density at radius 3 is 2.74 bits per heavy atom. The second-order valence-electron chi connectivity index (χ2n) is 6.14. The summed E-state index contributed by atoms with van der Waals surface area (Å²) in [6.07, 6.45) is 2.46. The van der Waals surface area contributed by atoms with Gasteiger partial charge in [-0.15, -0.1) is 0 Å². The summed E-state index contributed by atoms with van der Waals surface area (Å²) in [5, 5.41) is 4.34. The highest BCUT2D eigenvalue weighted by Gasteiger charge is 2.19. The van der Waals surface area contributed by atoms with Crippen molar-refractivity contribution in [1.29, 1.82) is 0 Å². The normalized spacial score (nSPS) is 18.1. The van der Waals surface area contributed by atoms with Crippen molar-refractivity contribution >= 4 is 40.7 Å². The molecule has 1 aliphatic rings. The van der Waals surface area contributed by atoms with Gasteiger partial charge < -0.3 is 10.2 Å². The standard InChI is InChI=1S/C17H20Cl2N4/c1-11-4-3-7-23(10-11)17-20-12(2)8-16(22-17)21-13-5-6-14(18)15(19)9-13/h5-6,8-9,11H,3-4,7,10H2,1-2H3,(H,20,21,22). The third kappa shape index (κ3) is 4.06. The Labute approximate surface area is 146 Å². The van der Waals surface area contributed by atoms with Crippen molar-refractivity contribution in [2.75, 3.05) is 23.3 Å². The molecule has 0 amide bonds. The molecular weight excluding hydrogens is 331 g/mol. The monoisotopic (exact) mass is 350 g/mol. The van der Waals surface area contributed by atoms with Crippen LogP contribution in [0.4, 0.5) is 17.5 Å². The zero-order valence-corrected chi connectivity index (χ0v) is 14.8. The van der Waals surface area contributed by atoms with Crippen LogP contribution in [0.15, 0.2) is 24.3 Å². The van der Waals surface area contributed by atoms with Crippen LogP contribution in [0.1, 0.15) is 25.5 Å². The van der Waals surface area contributed by atoms with E-state index in [2.05, 4.69) is 27.1 Å². The van der Waals surface area contributed by atoms with Crippen molar-refractivity contribution in [3.05, 3.63) is 40.0 Å². The van der Waals surface area contributed by atoms with Crippen LogP contribution in [0.25, 0.3) is 0 Å². The minimum atomic E-state index is 0.521. The average molecular weight is 351 g/mol. The largest absolute Gasteiger partial charge is 0.340 e. The van der Waals surface area contributed by atoms with Crippen LogP contribution < -0.4 is 10.2 Å². The highest BCUT2D eigenvalue weighted by Crippen LogP contribution is 2.27. The molecule has 0 bridgehead atoms. The van der Waals surface area contributed by atoms with Crippen molar-refractivity contribution in [3.63, 3.8) is 0 Å². The molecule has 0 spiro atoms. The molecule has 1 N–H and O–H groups in total. The Bertz CT molecular complexity index is 705. The number of nitrogens with one attached hydrogen (secondary N) is 1. The van der Waals surface area contributed by atoms with E-state index in [0.29, 0.717) is 16.0 Å². The zero-order valence-electron chi connectivity index (χ0n) is 13.3. The quantitative estimate of drug-likeness (QED) is 0.838. The molecule has 4 nitrogen and oxygen atoms in total. The lowest BCUT2D eigenvalue weighted by Gasteiger charge is -2.31. The molecule has 1 unspecified atom stereocenters. The minimum absolute atomic E-state index is 0.521. The molecule has 1 aromatic carbocycles. The minimum Gasteiger partial charge on any atom is -0.340 e. The van der Waals surface area contributed by atoms with Gasteiger partial charge in [0, 0.05) is 30.5 Å². The SMILES string of the molecule is Cc1cc(Nc2ccc(Cl)c(Cl)c2)nc(N2CCCC(C)C2)n1. The Hall–Kier alpha value is -1.52. The van der Waals surface area contributed by atoms with E-state index in [1.807, 2.05) is 19.1 Å². The van der Waals surface area contributed by atoms with Crippen molar-refractivity contribution in [3.8, 4) is 0 Å². The van der Waals surface area contributed by atoms with E-state index in [1.54, 1.807) is 12.1 Å². The van der Waals surface area contributed by atoms with Crippen LogP contribution in [-0.4, -0.2) is 23.1 Å². The Kier molecular flexibility index (Phi) is 4.93. The lowest BCUT2D eigenvalue weighted by atomic mass is 10.0. The van der Waals surface area contributed by atoms with E-state index in [1.165, 1.54) is 12.8 Å². The molecule has 0 radical (unpaired) electrons. The van der Waals surface area contributed by atoms with Crippen LogP contribution in [0.3, 0.4) is 0 Å². The van der Waals surface area contributed by atoms with Crippen molar-refractivity contribution < 1.29 is 0 Å². The van der Waals surface area contributed by atoms with Gasteiger partial charge in [0.15, 0.2) is 0 Å². The van der Waals surface area contributed by atoms with Crippen molar-refractivity contribution in [1.82, 2.24) is 9.97 Å². The Morgan fingerprint density at radius 2 is 2.00 bits per heavy atom. The number of nitrogens with zero attached hydrogens (tertiary/aromatic N) is 3. The fraction of sp³-hybridized carbons (Fsp3) is 0.412. The maximum absolute atomic E-state index is 6.07. The third-order valence-electron chi connectivity index (χ3n) is 3.97. The van der Waals surface area contributed by atoms with Crippen LogP contribution in [-0.2, 0) is 0 Å². The Morgan fingerprint density at radius 1 is 1.17 bits per heavy atom. The fourth-order valence-corrected chi connectivity index (χ4v) is 3.15. The van der Waals surface area contributed by atoms with Gasteiger partial charge in [-0.2, -0.15) is 4.98 Å². The molecule has 1 atom stereocenters. The number of piperidine rings is 1. The first kappa shape index (κ1) is 16.3. The summed E-state index contributed by atoms with van der Waals surface area (Å²) in [5.41, 5.74) is 1.80. The summed E-state index contributed by atoms with van der Waals surface area (Å²) < 4.78 is 0. The number of aryl methyl sites for hydroxylation is 1. The zero-order chi connectivity index (χ0) is 16.4. The van der Waals surface area contributed by atoms with E-state index < -0.39 is 0 Å². The van der Waals surface area contributed by atoms with Crippen molar-refractivity contribution in [2.24, 2.45) is 5.92 Å².